The van der Waals surface area contributed by atoms with Crippen LogP contribution in [-0.4, -0.2) is 66.7 Å². The first kappa shape index (κ1) is 29.2. The number of likely N-dealkylation sites (tertiary alicyclic amines) is 1. The molecule has 6 rings (SSSR count). The number of hydrogen-bond acceptors (Lipinski definition) is 6. The van der Waals surface area contributed by atoms with Crippen molar-refractivity contribution in [2.45, 2.75) is 75.3 Å². The van der Waals surface area contributed by atoms with Crippen LogP contribution < -0.4 is 20.1 Å². The van der Waals surface area contributed by atoms with Gasteiger partial charge in [-0.3, -0.25) is 14.4 Å². The number of benzene rings is 2. The number of rotatable bonds is 10. The minimum Gasteiger partial charge on any atom is -0.497 e. The summed E-state index contributed by atoms with van der Waals surface area (Å²) in [5.74, 6) is -0.742. The van der Waals surface area contributed by atoms with Crippen molar-refractivity contribution in [1.82, 2.24) is 15.5 Å². The van der Waals surface area contributed by atoms with Crippen LogP contribution in [0.4, 0.5) is 0 Å². The molecular weight excluding hydrogens is 546 g/mol. The van der Waals surface area contributed by atoms with Gasteiger partial charge in [-0.25, -0.2) is 0 Å². The second-order valence-electron chi connectivity index (χ2n) is 12.4. The molecule has 228 valence electrons. The van der Waals surface area contributed by atoms with E-state index in [1.54, 1.807) is 19.1 Å². The highest BCUT2D eigenvalue weighted by molar-refractivity contribution is 6.00. The molecular formula is C34H41N3O6. The Morgan fingerprint density at radius 1 is 0.907 bits per heavy atom. The third-order valence-electron chi connectivity index (χ3n) is 9.71. The Morgan fingerprint density at radius 2 is 1.53 bits per heavy atom. The maximum Gasteiger partial charge on any atom is 0.246 e. The monoisotopic (exact) mass is 587 g/mol. The molecule has 3 amide bonds. The Hall–Kier alpha value is -3.85. The van der Waals surface area contributed by atoms with Crippen molar-refractivity contribution in [1.29, 1.82) is 0 Å². The Balaban J connectivity index is 1.26. The van der Waals surface area contributed by atoms with E-state index >= 15 is 0 Å². The molecule has 9 nitrogen and oxygen atoms in total. The number of nitrogens with zero attached hydrogens (tertiary/aromatic N) is 1. The van der Waals surface area contributed by atoms with E-state index in [0.717, 1.165) is 48.3 Å². The summed E-state index contributed by atoms with van der Waals surface area (Å²) in [5, 5.41) is 6.29. The lowest BCUT2D eigenvalue weighted by molar-refractivity contribution is -0.145. The average molecular weight is 588 g/mol. The van der Waals surface area contributed by atoms with Crippen LogP contribution in [0.5, 0.6) is 11.5 Å². The van der Waals surface area contributed by atoms with E-state index in [1.807, 2.05) is 67.6 Å². The van der Waals surface area contributed by atoms with Crippen LogP contribution >= 0.6 is 0 Å². The molecule has 2 saturated heterocycles. The van der Waals surface area contributed by atoms with E-state index in [9.17, 15) is 14.4 Å². The fourth-order valence-corrected chi connectivity index (χ4v) is 7.48. The molecule has 2 N–H and O–H groups in total. The molecule has 1 saturated carbocycles. The van der Waals surface area contributed by atoms with E-state index in [2.05, 4.69) is 10.6 Å². The lowest BCUT2D eigenvalue weighted by atomic mass is 9.70. The molecule has 0 aromatic heterocycles. The standard InChI is InChI=1S/C34H41N3O6/c1-33-18-19-34(43-33)28(27(33)30(38)35-21-23-11-15-26(42-3)16-12-23)32(40)37(20-17-22-9-13-25(41-2)14-10-22)29(34)31(39)36-24-7-5-4-6-8-24/h9-16,18-19,24,27-29H,4-8,17,20-21H2,1-3H3,(H,35,38)(H,36,39)/t27-,28+,29-,33-,34+/m1/s1. The van der Waals surface area contributed by atoms with Gasteiger partial charge in [0.25, 0.3) is 0 Å². The summed E-state index contributed by atoms with van der Waals surface area (Å²) in [6, 6.07) is 14.4. The summed E-state index contributed by atoms with van der Waals surface area (Å²) >= 11 is 0. The number of carbonyl (C=O) groups excluding carboxylic acids is 3. The Labute approximate surface area is 252 Å². The van der Waals surface area contributed by atoms with Crippen molar-refractivity contribution < 1.29 is 28.6 Å². The Kier molecular flexibility index (Phi) is 7.94. The molecule has 0 radical (unpaired) electrons. The van der Waals surface area contributed by atoms with Gasteiger partial charge in [-0.15, -0.1) is 0 Å². The van der Waals surface area contributed by atoms with Crippen molar-refractivity contribution >= 4 is 17.7 Å². The predicted molar refractivity (Wildman–Crippen MR) is 160 cm³/mol. The first-order valence-electron chi connectivity index (χ1n) is 15.3. The molecule has 4 aliphatic rings. The van der Waals surface area contributed by atoms with Gasteiger partial charge in [-0.05, 0) is 61.6 Å². The number of fused-ring (bicyclic) bond motifs is 1. The molecule has 3 heterocycles. The van der Waals surface area contributed by atoms with Gasteiger partial charge in [0.2, 0.25) is 17.7 Å². The van der Waals surface area contributed by atoms with Crippen molar-refractivity contribution in [2.75, 3.05) is 20.8 Å². The van der Waals surface area contributed by atoms with E-state index in [1.165, 1.54) is 6.42 Å². The normalized spacial score (nSPS) is 29.4. The molecule has 43 heavy (non-hydrogen) atoms. The number of methoxy groups -OCH3 is 2. The van der Waals surface area contributed by atoms with Gasteiger partial charge in [0.15, 0.2) is 0 Å². The predicted octanol–water partition coefficient (Wildman–Crippen LogP) is 3.55. The molecule has 0 unspecified atom stereocenters. The average Bonchev–Trinajstić information content (AvgIpc) is 3.60. The van der Waals surface area contributed by atoms with Gasteiger partial charge < -0.3 is 29.7 Å². The zero-order chi connectivity index (χ0) is 30.2. The smallest absolute Gasteiger partial charge is 0.246 e. The molecule has 1 aliphatic carbocycles. The van der Waals surface area contributed by atoms with Crippen molar-refractivity contribution in [2.24, 2.45) is 11.8 Å². The van der Waals surface area contributed by atoms with Crippen LogP contribution in [0.25, 0.3) is 0 Å². The molecule has 2 aromatic carbocycles. The van der Waals surface area contributed by atoms with Crippen LogP contribution in [0.1, 0.15) is 50.2 Å². The number of hydrogen-bond donors (Lipinski definition) is 2. The fraction of sp³-hybridized carbons (Fsp3) is 0.500. The van der Waals surface area contributed by atoms with Crippen molar-refractivity contribution in [3.63, 3.8) is 0 Å². The lowest BCUT2D eigenvalue weighted by Crippen LogP contribution is -2.57. The Morgan fingerprint density at radius 3 is 2.16 bits per heavy atom. The van der Waals surface area contributed by atoms with Gasteiger partial charge in [0, 0.05) is 19.1 Å². The minimum atomic E-state index is -1.20. The maximum absolute atomic E-state index is 14.3. The molecule has 1 spiro atoms. The number of amides is 3. The first-order chi connectivity index (χ1) is 20.8. The van der Waals surface area contributed by atoms with Gasteiger partial charge in [-0.1, -0.05) is 55.7 Å². The molecule has 2 bridgehead atoms. The summed E-state index contributed by atoms with van der Waals surface area (Å²) in [4.78, 5) is 43.9. The summed E-state index contributed by atoms with van der Waals surface area (Å²) < 4.78 is 17.2. The highest BCUT2D eigenvalue weighted by Gasteiger charge is 2.76. The van der Waals surface area contributed by atoms with Gasteiger partial charge in [0.1, 0.15) is 23.1 Å². The Bertz CT molecular complexity index is 1390. The maximum atomic E-state index is 14.3. The highest BCUT2D eigenvalue weighted by atomic mass is 16.5. The molecule has 9 heteroatoms. The summed E-state index contributed by atoms with van der Waals surface area (Å²) in [6.45, 7) is 2.49. The second-order valence-corrected chi connectivity index (χ2v) is 12.4. The molecule has 2 aromatic rings. The third-order valence-corrected chi connectivity index (χ3v) is 9.71. The van der Waals surface area contributed by atoms with Crippen LogP contribution in [0.15, 0.2) is 60.7 Å². The number of nitrogens with one attached hydrogen (secondary N) is 2. The summed E-state index contributed by atoms with van der Waals surface area (Å²) in [6.07, 6.45) is 9.50. The van der Waals surface area contributed by atoms with E-state index in [4.69, 9.17) is 14.2 Å². The van der Waals surface area contributed by atoms with Gasteiger partial charge in [0.05, 0.1) is 31.7 Å². The van der Waals surface area contributed by atoms with Gasteiger partial charge >= 0.3 is 0 Å². The van der Waals surface area contributed by atoms with Crippen LogP contribution in [0.3, 0.4) is 0 Å². The van der Waals surface area contributed by atoms with E-state index in [0.29, 0.717) is 19.5 Å². The highest BCUT2D eigenvalue weighted by Crippen LogP contribution is 2.59. The van der Waals surface area contributed by atoms with E-state index in [-0.39, 0.29) is 23.8 Å². The topological polar surface area (TPSA) is 106 Å². The molecule has 3 fully saturated rings. The quantitative estimate of drug-likeness (QED) is 0.412. The number of ether oxygens (including phenoxy) is 3. The van der Waals surface area contributed by atoms with Crippen LogP contribution in [-0.2, 0) is 32.1 Å². The zero-order valence-corrected chi connectivity index (χ0v) is 25.1. The SMILES string of the molecule is COc1ccc(CCN2C(=O)[C@@H]3[C@H](C(=O)NCc4ccc(OC)cc4)[C@@]4(C)C=C[C@@]3(O4)[C@H]2C(=O)NC2CCCCC2)cc1. The van der Waals surface area contributed by atoms with Crippen LogP contribution in [0.2, 0.25) is 0 Å². The van der Waals surface area contributed by atoms with Crippen molar-refractivity contribution in [3.8, 4) is 11.5 Å². The third kappa shape index (κ3) is 5.28. The van der Waals surface area contributed by atoms with E-state index < -0.39 is 29.1 Å². The number of carbonyl (C=O) groups is 3. The second kappa shape index (κ2) is 11.7. The van der Waals surface area contributed by atoms with Crippen LogP contribution in [0, 0.1) is 11.8 Å². The molecule has 3 aliphatic heterocycles. The minimum absolute atomic E-state index is 0.0806. The summed E-state index contributed by atoms with van der Waals surface area (Å²) in [5.41, 5.74) is -0.254. The van der Waals surface area contributed by atoms with Crippen molar-refractivity contribution in [3.05, 3.63) is 71.8 Å². The fourth-order valence-electron chi connectivity index (χ4n) is 7.48. The largest absolute Gasteiger partial charge is 0.497 e. The lowest BCUT2D eigenvalue weighted by Gasteiger charge is -2.34. The first-order valence-corrected chi connectivity index (χ1v) is 15.3. The summed E-state index contributed by atoms with van der Waals surface area (Å²) in [7, 11) is 3.23. The zero-order valence-electron chi connectivity index (χ0n) is 25.1. The van der Waals surface area contributed by atoms with Gasteiger partial charge in [-0.2, -0.15) is 0 Å². The molecule has 5 atom stereocenters.